The first-order valence-electron chi connectivity index (χ1n) is 5.49. The molecule has 3 N–H and O–H groups in total. The van der Waals surface area contributed by atoms with E-state index in [0.717, 1.165) is 12.5 Å². The number of nitrogens with zero attached hydrogens (tertiary/aromatic N) is 1. The standard InChI is InChI=1S/C10H19N3S/c11-10(13-9-2-1-3-9)12-6-8-4-5-14-7-8/h8-9H,1-7H2,(H3,11,12,13). The number of guanidine groups is 1. The van der Waals surface area contributed by atoms with Gasteiger partial charge in [0, 0.05) is 12.6 Å². The predicted molar refractivity (Wildman–Crippen MR) is 62.7 cm³/mol. The number of nitrogens with one attached hydrogen (secondary N) is 1. The van der Waals surface area contributed by atoms with Crippen molar-refractivity contribution >= 4 is 17.7 Å². The number of thioether (sulfide) groups is 1. The van der Waals surface area contributed by atoms with Crippen molar-refractivity contribution in [2.24, 2.45) is 16.6 Å². The maximum Gasteiger partial charge on any atom is 0.188 e. The van der Waals surface area contributed by atoms with Crippen LogP contribution in [0.4, 0.5) is 0 Å². The Morgan fingerprint density at radius 2 is 2.29 bits per heavy atom. The lowest BCUT2D eigenvalue weighted by Gasteiger charge is -2.26. The number of aliphatic imine (C=N–C) groups is 1. The third-order valence-electron chi connectivity index (χ3n) is 3.00. The Balaban J connectivity index is 1.67. The highest BCUT2D eigenvalue weighted by Gasteiger charge is 2.18. The molecule has 1 unspecified atom stereocenters. The van der Waals surface area contributed by atoms with Crippen molar-refractivity contribution in [3.05, 3.63) is 0 Å². The van der Waals surface area contributed by atoms with Crippen LogP contribution in [0.3, 0.4) is 0 Å². The Hall–Kier alpha value is -0.380. The van der Waals surface area contributed by atoms with Gasteiger partial charge in [0.1, 0.15) is 0 Å². The van der Waals surface area contributed by atoms with E-state index in [-0.39, 0.29) is 0 Å². The number of hydrogen-bond donors (Lipinski definition) is 2. The molecule has 1 atom stereocenters. The van der Waals surface area contributed by atoms with Crippen molar-refractivity contribution in [3.63, 3.8) is 0 Å². The van der Waals surface area contributed by atoms with E-state index in [1.165, 1.54) is 37.2 Å². The van der Waals surface area contributed by atoms with Gasteiger partial charge in [0.05, 0.1) is 0 Å². The molecule has 2 fully saturated rings. The summed E-state index contributed by atoms with van der Waals surface area (Å²) in [6.45, 7) is 0.915. The second kappa shape index (κ2) is 4.91. The van der Waals surface area contributed by atoms with Crippen LogP contribution >= 0.6 is 11.8 Å². The van der Waals surface area contributed by atoms with E-state index < -0.39 is 0 Å². The van der Waals surface area contributed by atoms with E-state index in [9.17, 15) is 0 Å². The van der Waals surface area contributed by atoms with Crippen LogP contribution in [0.2, 0.25) is 0 Å². The quantitative estimate of drug-likeness (QED) is 0.547. The molecule has 1 aliphatic heterocycles. The Labute approximate surface area is 89.9 Å². The summed E-state index contributed by atoms with van der Waals surface area (Å²) >= 11 is 2.03. The fourth-order valence-electron chi connectivity index (χ4n) is 1.76. The Kier molecular flexibility index (Phi) is 3.56. The third kappa shape index (κ3) is 2.80. The molecule has 0 bridgehead atoms. The van der Waals surface area contributed by atoms with Crippen LogP contribution in [0.15, 0.2) is 4.99 Å². The molecular weight excluding hydrogens is 194 g/mol. The SMILES string of the molecule is NC(=NCC1CCSC1)NC1CCC1. The van der Waals surface area contributed by atoms with E-state index >= 15 is 0 Å². The minimum Gasteiger partial charge on any atom is -0.370 e. The van der Waals surface area contributed by atoms with E-state index in [4.69, 9.17) is 5.73 Å². The van der Waals surface area contributed by atoms with E-state index in [1.54, 1.807) is 0 Å². The van der Waals surface area contributed by atoms with Crippen LogP contribution in [-0.2, 0) is 0 Å². The molecule has 80 valence electrons. The molecule has 1 heterocycles. The average molecular weight is 213 g/mol. The minimum atomic E-state index is 0.608. The van der Waals surface area contributed by atoms with Gasteiger partial charge in [-0.3, -0.25) is 4.99 Å². The van der Waals surface area contributed by atoms with Crippen molar-refractivity contribution < 1.29 is 0 Å². The lowest BCUT2D eigenvalue weighted by molar-refractivity contribution is 0.382. The van der Waals surface area contributed by atoms with Crippen LogP contribution in [0.25, 0.3) is 0 Å². The lowest BCUT2D eigenvalue weighted by Crippen LogP contribution is -2.43. The topological polar surface area (TPSA) is 50.4 Å². The third-order valence-corrected chi connectivity index (χ3v) is 4.23. The van der Waals surface area contributed by atoms with Gasteiger partial charge in [-0.1, -0.05) is 0 Å². The van der Waals surface area contributed by atoms with Gasteiger partial charge < -0.3 is 11.1 Å². The zero-order valence-electron chi connectivity index (χ0n) is 8.54. The monoisotopic (exact) mass is 213 g/mol. The van der Waals surface area contributed by atoms with E-state index in [2.05, 4.69) is 10.3 Å². The highest BCUT2D eigenvalue weighted by molar-refractivity contribution is 7.99. The van der Waals surface area contributed by atoms with Crippen molar-refractivity contribution in [2.45, 2.75) is 31.7 Å². The number of hydrogen-bond acceptors (Lipinski definition) is 2. The fourth-order valence-corrected chi connectivity index (χ4v) is 3.03. The molecule has 1 saturated carbocycles. The van der Waals surface area contributed by atoms with Crippen molar-refractivity contribution in [2.75, 3.05) is 18.1 Å². The molecule has 0 aromatic heterocycles. The summed E-state index contributed by atoms with van der Waals surface area (Å²) in [5.74, 6) is 3.99. The second-order valence-corrected chi connectivity index (χ2v) is 5.38. The molecule has 2 rings (SSSR count). The summed E-state index contributed by atoms with van der Waals surface area (Å²) in [5.41, 5.74) is 5.79. The van der Waals surface area contributed by atoms with Crippen LogP contribution in [0, 0.1) is 5.92 Å². The summed E-state index contributed by atoms with van der Waals surface area (Å²) in [4.78, 5) is 4.40. The van der Waals surface area contributed by atoms with Gasteiger partial charge >= 0.3 is 0 Å². The van der Waals surface area contributed by atoms with Gasteiger partial charge in [0.2, 0.25) is 0 Å². The maximum atomic E-state index is 5.79. The maximum absolute atomic E-state index is 5.79. The molecule has 0 aromatic carbocycles. The highest BCUT2D eigenvalue weighted by Crippen LogP contribution is 2.23. The van der Waals surface area contributed by atoms with Crippen LogP contribution in [-0.4, -0.2) is 30.1 Å². The molecule has 0 spiro atoms. The minimum absolute atomic E-state index is 0.608. The van der Waals surface area contributed by atoms with Gasteiger partial charge in [0.25, 0.3) is 0 Å². The normalized spacial score (nSPS) is 28.9. The van der Waals surface area contributed by atoms with Crippen LogP contribution in [0.5, 0.6) is 0 Å². The molecule has 4 heteroatoms. The van der Waals surface area contributed by atoms with Crippen LogP contribution < -0.4 is 11.1 Å². The molecule has 1 saturated heterocycles. The highest BCUT2D eigenvalue weighted by atomic mass is 32.2. The zero-order chi connectivity index (χ0) is 9.80. The Morgan fingerprint density at radius 3 is 2.86 bits per heavy atom. The summed E-state index contributed by atoms with van der Waals surface area (Å²) < 4.78 is 0. The first-order chi connectivity index (χ1) is 6.84. The largest absolute Gasteiger partial charge is 0.370 e. The number of nitrogens with two attached hydrogens (primary N) is 1. The first kappa shape index (κ1) is 10.1. The summed E-state index contributed by atoms with van der Waals surface area (Å²) in [6.07, 6.45) is 5.17. The zero-order valence-corrected chi connectivity index (χ0v) is 9.35. The fraction of sp³-hybridized carbons (Fsp3) is 0.900. The van der Waals surface area contributed by atoms with Crippen molar-refractivity contribution in [3.8, 4) is 0 Å². The Bertz CT molecular complexity index is 207. The van der Waals surface area contributed by atoms with Gasteiger partial charge in [-0.15, -0.1) is 0 Å². The average Bonchev–Trinajstić information content (AvgIpc) is 2.60. The lowest BCUT2D eigenvalue weighted by atomic mass is 9.93. The van der Waals surface area contributed by atoms with Gasteiger partial charge in [-0.25, -0.2) is 0 Å². The van der Waals surface area contributed by atoms with Gasteiger partial charge in [-0.05, 0) is 43.1 Å². The summed E-state index contributed by atoms with van der Waals surface area (Å²) in [7, 11) is 0. The predicted octanol–water partition coefficient (Wildman–Crippen LogP) is 1.20. The second-order valence-electron chi connectivity index (χ2n) is 4.23. The van der Waals surface area contributed by atoms with E-state index in [1.807, 2.05) is 11.8 Å². The molecule has 0 amide bonds. The van der Waals surface area contributed by atoms with Crippen LogP contribution in [0.1, 0.15) is 25.7 Å². The molecule has 3 nitrogen and oxygen atoms in total. The first-order valence-corrected chi connectivity index (χ1v) is 6.64. The molecule has 1 aliphatic carbocycles. The van der Waals surface area contributed by atoms with Gasteiger partial charge in [-0.2, -0.15) is 11.8 Å². The molecule has 2 aliphatic rings. The molecule has 14 heavy (non-hydrogen) atoms. The van der Waals surface area contributed by atoms with E-state index in [0.29, 0.717) is 12.0 Å². The van der Waals surface area contributed by atoms with Gasteiger partial charge in [0.15, 0.2) is 5.96 Å². The molecule has 0 aromatic rings. The van der Waals surface area contributed by atoms with Crippen molar-refractivity contribution in [1.29, 1.82) is 0 Å². The Morgan fingerprint density at radius 1 is 1.43 bits per heavy atom. The summed E-state index contributed by atoms with van der Waals surface area (Å²) in [5, 5.41) is 3.26. The molecular formula is C10H19N3S. The smallest absolute Gasteiger partial charge is 0.188 e. The molecule has 0 radical (unpaired) electrons. The number of rotatable bonds is 3. The summed E-state index contributed by atoms with van der Waals surface area (Å²) in [6, 6.07) is 0.608. The van der Waals surface area contributed by atoms with Crippen molar-refractivity contribution in [1.82, 2.24) is 5.32 Å².